The normalized spacial score (nSPS) is 16.2. The van der Waals surface area contributed by atoms with Crippen molar-refractivity contribution in [1.82, 2.24) is 9.55 Å². The van der Waals surface area contributed by atoms with Gasteiger partial charge >= 0.3 is 0 Å². The first kappa shape index (κ1) is 21.0. The number of rotatable bonds is 7. The fourth-order valence-corrected chi connectivity index (χ4v) is 4.53. The largest absolute Gasteiger partial charge is 0.492 e. The Labute approximate surface area is 193 Å². The first-order chi connectivity index (χ1) is 16.2. The fraction of sp³-hybridized carbons (Fsp3) is 0.214. The molecule has 166 valence electrons. The van der Waals surface area contributed by atoms with Gasteiger partial charge < -0.3 is 14.2 Å². The van der Waals surface area contributed by atoms with Crippen LogP contribution >= 0.6 is 0 Å². The zero-order valence-corrected chi connectivity index (χ0v) is 18.7. The molecule has 5 rings (SSSR count). The second-order valence-corrected chi connectivity index (χ2v) is 8.19. The molecule has 1 aliphatic rings. The molecule has 0 N–H and O–H groups in total. The molecule has 5 nitrogen and oxygen atoms in total. The van der Waals surface area contributed by atoms with Crippen LogP contribution in [-0.4, -0.2) is 28.6 Å². The summed E-state index contributed by atoms with van der Waals surface area (Å²) < 4.78 is 8.02. The summed E-state index contributed by atoms with van der Waals surface area (Å²) in [5.41, 5.74) is 4.05. The maximum atomic E-state index is 13.1. The quantitative estimate of drug-likeness (QED) is 0.374. The third-order valence-corrected chi connectivity index (χ3v) is 6.03. The van der Waals surface area contributed by atoms with Gasteiger partial charge in [0.15, 0.2) is 0 Å². The van der Waals surface area contributed by atoms with Crippen LogP contribution in [-0.2, 0) is 11.3 Å². The van der Waals surface area contributed by atoms with Crippen LogP contribution in [0.5, 0.6) is 5.75 Å². The predicted molar refractivity (Wildman–Crippen MR) is 133 cm³/mol. The Kier molecular flexibility index (Phi) is 5.94. The molecule has 1 atom stereocenters. The molecule has 0 spiro atoms. The number of fused-ring (bicyclic) bond motifs is 1. The summed E-state index contributed by atoms with van der Waals surface area (Å²) in [4.78, 5) is 19.9. The van der Waals surface area contributed by atoms with Crippen molar-refractivity contribution in [3.8, 4) is 5.75 Å². The zero-order valence-electron chi connectivity index (χ0n) is 18.7. The van der Waals surface area contributed by atoms with Crippen LogP contribution in [0, 0.1) is 0 Å². The Morgan fingerprint density at radius 2 is 1.76 bits per heavy atom. The van der Waals surface area contributed by atoms with Crippen LogP contribution in [0.1, 0.15) is 30.7 Å². The molecule has 1 aromatic heterocycles. The van der Waals surface area contributed by atoms with Gasteiger partial charge in [-0.05, 0) is 36.8 Å². The summed E-state index contributed by atoms with van der Waals surface area (Å²) in [5, 5.41) is 0. The highest BCUT2D eigenvalue weighted by Crippen LogP contribution is 2.37. The van der Waals surface area contributed by atoms with Gasteiger partial charge in [0.25, 0.3) is 0 Å². The highest BCUT2D eigenvalue weighted by molar-refractivity contribution is 5.97. The van der Waals surface area contributed by atoms with Crippen molar-refractivity contribution in [3.63, 3.8) is 0 Å². The molecular formula is C28H27N3O2. The van der Waals surface area contributed by atoms with Gasteiger partial charge in [-0.1, -0.05) is 66.7 Å². The molecule has 0 aliphatic carbocycles. The number of benzene rings is 3. The maximum absolute atomic E-state index is 13.1. The average Bonchev–Trinajstić information content (AvgIpc) is 3.41. The lowest BCUT2D eigenvalue weighted by atomic mass is 10.1. The molecule has 1 amide bonds. The molecule has 1 saturated heterocycles. The van der Waals surface area contributed by atoms with Crippen molar-refractivity contribution in [2.75, 3.05) is 18.1 Å². The van der Waals surface area contributed by atoms with Crippen LogP contribution in [0.15, 0.2) is 84.9 Å². The molecule has 1 unspecified atom stereocenters. The summed E-state index contributed by atoms with van der Waals surface area (Å²) in [7, 11) is 0. The van der Waals surface area contributed by atoms with Gasteiger partial charge in [-0.3, -0.25) is 4.79 Å². The fourth-order valence-electron chi connectivity index (χ4n) is 4.53. The van der Waals surface area contributed by atoms with Crippen LogP contribution in [0.4, 0.5) is 5.69 Å². The topological polar surface area (TPSA) is 47.4 Å². The van der Waals surface area contributed by atoms with Gasteiger partial charge in [0.2, 0.25) is 5.91 Å². The first-order valence-corrected chi connectivity index (χ1v) is 11.4. The molecule has 0 saturated carbocycles. The van der Waals surface area contributed by atoms with Gasteiger partial charge in [-0.25, -0.2) is 4.98 Å². The molecule has 0 bridgehead atoms. The van der Waals surface area contributed by atoms with Gasteiger partial charge in [0, 0.05) is 25.4 Å². The van der Waals surface area contributed by atoms with E-state index in [0.29, 0.717) is 26.1 Å². The number of para-hydroxylation sites is 4. The average molecular weight is 438 g/mol. The van der Waals surface area contributed by atoms with Gasteiger partial charge in [-0.15, -0.1) is 0 Å². The Morgan fingerprint density at radius 1 is 1.00 bits per heavy atom. The Balaban J connectivity index is 1.46. The van der Waals surface area contributed by atoms with E-state index < -0.39 is 0 Å². The SMILES string of the molecule is CCOc1ccccc1N1CC(c2nc3ccccc3n2CC=Cc2ccccc2)CC1=O. The predicted octanol–water partition coefficient (Wildman–Crippen LogP) is 5.67. The van der Waals surface area contributed by atoms with Crippen LogP contribution in [0.25, 0.3) is 17.1 Å². The Hall–Kier alpha value is -3.86. The van der Waals surface area contributed by atoms with E-state index in [1.54, 1.807) is 0 Å². The van der Waals surface area contributed by atoms with E-state index in [1.165, 1.54) is 5.56 Å². The summed E-state index contributed by atoms with van der Waals surface area (Å²) >= 11 is 0. The third-order valence-electron chi connectivity index (χ3n) is 6.03. The Morgan fingerprint density at radius 3 is 2.61 bits per heavy atom. The van der Waals surface area contributed by atoms with E-state index in [4.69, 9.17) is 9.72 Å². The van der Waals surface area contributed by atoms with Crippen molar-refractivity contribution >= 4 is 28.7 Å². The molecule has 3 aromatic carbocycles. The minimum Gasteiger partial charge on any atom is -0.492 e. The van der Waals surface area contributed by atoms with Crippen LogP contribution in [0.3, 0.4) is 0 Å². The number of aromatic nitrogens is 2. The van der Waals surface area contributed by atoms with Crippen molar-refractivity contribution in [1.29, 1.82) is 0 Å². The number of allylic oxidation sites excluding steroid dienone is 1. The number of hydrogen-bond acceptors (Lipinski definition) is 3. The van der Waals surface area contributed by atoms with Crippen LogP contribution < -0.4 is 9.64 Å². The number of nitrogens with zero attached hydrogens (tertiary/aromatic N) is 3. The lowest BCUT2D eigenvalue weighted by molar-refractivity contribution is -0.117. The lowest BCUT2D eigenvalue weighted by Gasteiger charge is -2.20. The second-order valence-electron chi connectivity index (χ2n) is 8.19. The number of ether oxygens (including phenoxy) is 1. The zero-order chi connectivity index (χ0) is 22.6. The summed E-state index contributed by atoms with van der Waals surface area (Å²) in [6.07, 6.45) is 4.72. The smallest absolute Gasteiger partial charge is 0.227 e. The number of imidazole rings is 1. The van der Waals surface area contributed by atoms with Crippen molar-refractivity contribution < 1.29 is 9.53 Å². The number of anilines is 1. The van der Waals surface area contributed by atoms with E-state index in [0.717, 1.165) is 28.3 Å². The molecular weight excluding hydrogens is 410 g/mol. The number of amides is 1. The summed E-state index contributed by atoms with van der Waals surface area (Å²) in [6.45, 7) is 3.81. The number of carbonyl (C=O) groups is 1. The number of carbonyl (C=O) groups excluding carboxylic acids is 1. The third kappa shape index (κ3) is 4.27. The molecule has 5 heteroatoms. The molecule has 2 heterocycles. The minimum atomic E-state index is 0.0182. The summed E-state index contributed by atoms with van der Waals surface area (Å²) in [5.74, 6) is 1.82. The molecule has 1 fully saturated rings. The second kappa shape index (κ2) is 9.33. The molecule has 4 aromatic rings. The monoisotopic (exact) mass is 437 g/mol. The highest BCUT2D eigenvalue weighted by Gasteiger charge is 2.35. The van der Waals surface area contributed by atoms with E-state index in [2.05, 4.69) is 34.9 Å². The van der Waals surface area contributed by atoms with Crippen molar-refractivity contribution in [3.05, 3.63) is 96.3 Å². The van der Waals surface area contributed by atoms with E-state index >= 15 is 0 Å². The molecule has 1 aliphatic heterocycles. The van der Waals surface area contributed by atoms with Gasteiger partial charge in [0.05, 0.1) is 23.3 Å². The highest BCUT2D eigenvalue weighted by atomic mass is 16.5. The molecule has 0 radical (unpaired) electrons. The summed E-state index contributed by atoms with van der Waals surface area (Å²) in [6, 6.07) is 26.2. The van der Waals surface area contributed by atoms with E-state index in [-0.39, 0.29) is 11.8 Å². The van der Waals surface area contributed by atoms with E-state index in [1.807, 2.05) is 72.5 Å². The van der Waals surface area contributed by atoms with Crippen LogP contribution in [0.2, 0.25) is 0 Å². The van der Waals surface area contributed by atoms with Crippen molar-refractivity contribution in [2.45, 2.75) is 25.8 Å². The first-order valence-electron chi connectivity index (χ1n) is 11.4. The minimum absolute atomic E-state index is 0.0182. The maximum Gasteiger partial charge on any atom is 0.227 e. The van der Waals surface area contributed by atoms with E-state index in [9.17, 15) is 4.79 Å². The van der Waals surface area contributed by atoms with Gasteiger partial charge in [0.1, 0.15) is 11.6 Å². The Bertz CT molecular complexity index is 1290. The lowest BCUT2D eigenvalue weighted by Crippen LogP contribution is -2.25. The van der Waals surface area contributed by atoms with Gasteiger partial charge in [-0.2, -0.15) is 0 Å². The molecule has 33 heavy (non-hydrogen) atoms. The number of hydrogen-bond donors (Lipinski definition) is 0. The van der Waals surface area contributed by atoms with Crippen molar-refractivity contribution in [2.24, 2.45) is 0 Å². The standard InChI is InChI=1S/C28H27N3O2/c1-2-33-26-17-9-8-16-25(26)31-20-22(19-27(31)32)28-29-23-14-6-7-15-24(23)30(28)18-10-13-21-11-4-3-5-12-21/h3-17,22H,2,18-20H2,1H3.